The zero-order chi connectivity index (χ0) is 18.1. The van der Waals surface area contributed by atoms with Gasteiger partial charge >= 0.3 is 0 Å². The molecule has 0 amide bonds. The van der Waals surface area contributed by atoms with Crippen LogP contribution in [0.4, 0.5) is 22.0 Å². The second kappa shape index (κ2) is 7.52. The van der Waals surface area contributed by atoms with Crippen molar-refractivity contribution < 1.29 is 26.4 Å². The molecule has 0 N–H and O–H groups in total. The minimum Gasteiger partial charge on any atom is -0.422 e. The SMILES string of the molecule is CCC(CC)(O[SiH3])C1CCCC(c2c(F)c(F)c(F)c(F)c2F)C1. The Kier molecular flexibility index (Phi) is 6.07. The Hall–Kier alpha value is -0.953. The molecule has 0 bridgehead atoms. The zero-order valence-electron chi connectivity index (χ0n) is 14.2. The highest BCUT2D eigenvalue weighted by Gasteiger charge is 2.41. The van der Waals surface area contributed by atoms with Gasteiger partial charge in [-0.2, -0.15) is 0 Å². The lowest BCUT2D eigenvalue weighted by Gasteiger charge is -2.43. The molecular weight excluding hydrogens is 343 g/mol. The van der Waals surface area contributed by atoms with E-state index in [1.54, 1.807) is 0 Å². The predicted molar refractivity (Wildman–Crippen MR) is 85.3 cm³/mol. The van der Waals surface area contributed by atoms with Crippen LogP contribution in [0.15, 0.2) is 0 Å². The van der Waals surface area contributed by atoms with Crippen molar-refractivity contribution in [3.63, 3.8) is 0 Å². The molecule has 1 aromatic carbocycles. The Bertz CT molecular complexity index is 566. The standard InChI is InChI=1S/C17H23F5OSi/c1-3-17(4-2,23-24)10-7-5-6-9(8-10)11-12(18)14(20)16(22)15(21)13(11)19/h9-10H,3-8H2,1-2,24H3. The summed E-state index contributed by atoms with van der Waals surface area (Å²) in [6.07, 6.45) is 3.85. The van der Waals surface area contributed by atoms with E-state index >= 15 is 0 Å². The quantitative estimate of drug-likeness (QED) is 0.322. The Balaban J connectivity index is 2.41. The van der Waals surface area contributed by atoms with Crippen molar-refractivity contribution >= 4 is 10.5 Å². The van der Waals surface area contributed by atoms with Crippen LogP contribution in [0.5, 0.6) is 0 Å². The van der Waals surface area contributed by atoms with Crippen molar-refractivity contribution in [3.05, 3.63) is 34.6 Å². The first-order chi connectivity index (χ1) is 11.3. The summed E-state index contributed by atoms with van der Waals surface area (Å²) in [5.74, 6) is -9.82. The van der Waals surface area contributed by atoms with E-state index in [0.717, 1.165) is 19.3 Å². The number of rotatable bonds is 5. The molecule has 1 nitrogen and oxygen atoms in total. The molecule has 0 spiro atoms. The van der Waals surface area contributed by atoms with Crippen LogP contribution in [-0.2, 0) is 4.43 Å². The summed E-state index contributed by atoms with van der Waals surface area (Å²) in [6, 6.07) is 0. The van der Waals surface area contributed by atoms with Gasteiger partial charge in [-0.1, -0.05) is 20.3 Å². The topological polar surface area (TPSA) is 9.23 Å². The maximum Gasteiger partial charge on any atom is 0.200 e. The molecule has 0 heterocycles. The highest BCUT2D eigenvalue weighted by molar-refractivity contribution is 5.98. The van der Waals surface area contributed by atoms with Gasteiger partial charge < -0.3 is 4.43 Å². The fourth-order valence-corrected chi connectivity index (χ4v) is 5.10. The molecular formula is C17H23F5OSi. The monoisotopic (exact) mass is 366 g/mol. The molecule has 7 heteroatoms. The second-order valence-electron chi connectivity index (χ2n) is 6.52. The van der Waals surface area contributed by atoms with E-state index in [1.807, 2.05) is 13.8 Å². The number of benzene rings is 1. The number of hydrogen-bond donors (Lipinski definition) is 0. The van der Waals surface area contributed by atoms with Crippen LogP contribution in [0, 0.1) is 35.0 Å². The summed E-state index contributed by atoms with van der Waals surface area (Å²) in [7, 11) is 0.537. The second-order valence-corrected chi connectivity index (χ2v) is 6.93. The van der Waals surface area contributed by atoms with Crippen LogP contribution < -0.4 is 0 Å². The maximum absolute atomic E-state index is 14.1. The highest BCUT2D eigenvalue weighted by Crippen LogP contribution is 2.46. The van der Waals surface area contributed by atoms with Gasteiger partial charge in [0.2, 0.25) is 5.82 Å². The average Bonchev–Trinajstić information content (AvgIpc) is 2.61. The van der Waals surface area contributed by atoms with Gasteiger partial charge in [0.15, 0.2) is 23.3 Å². The Morgan fingerprint density at radius 2 is 1.42 bits per heavy atom. The lowest BCUT2D eigenvalue weighted by molar-refractivity contribution is -0.0130. The third-order valence-corrected chi connectivity index (χ3v) is 6.49. The molecule has 1 aliphatic carbocycles. The van der Waals surface area contributed by atoms with Crippen LogP contribution in [-0.4, -0.2) is 16.1 Å². The summed E-state index contributed by atoms with van der Waals surface area (Å²) >= 11 is 0. The molecule has 1 aliphatic rings. The van der Waals surface area contributed by atoms with Crippen LogP contribution >= 0.6 is 0 Å². The van der Waals surface area contributed by atoms with Gasteiger partial charge in [-0.05, 0) is 43.9 Å². The van der Waals surface area contributed by atoms with Crippen molar-refractivity contribution in [1.29, 1.82) is 0 Å². The fourth-order valence-electron chi connectivity index (χ4n) is 4.19. The average molecular weight is 366 g/mol. The first kappa shape index (κ1) is 19.4. The van der Waals surface area contributed by atoms with Gasteiger partial charge in [-0.15, -0.1) is 0 Å². The van der Waals surface area contributed by atoms with Crippen molar-refractivity contribution in [2.75, 3.05) is 0 Å². The molecule has 2 rings (SSSR count). The van der Waals surface area contributed by atoms with E-state index in [-0.39, 0.29) is 11.5 Å². The van der Waals surface area contributed by atoms with Gasteiger partial charge in [0.25, 0.3) is 0 Å². The molecule has 0 aliphatic heterocycles. The van der Waals surface area contributed by atoms with E-state index < -0.39 is 40.6 Å². The normalized spacial score (nSPS) is 22.1. The summed E-state index contributed by atoms with van der Waals surface area (Å²) in [6.45, 7) is 4.01. The summed E-state index contributed by atoms with van der Waals surface area (Å²) in [5.41, 5.74) is -1.03. The Morgan fingerprint density at radius 3 is 1.88 bits per heavy atom. The molecule has 0 aromatic heterocycles. The molecule has 2 atom stereocenters. The maximum atomic E-state index is 14.1. The van der Waals surface area contributed by atoms with Crippen molar-refractivity contribution in [3.8, 4) is 0 Å². The molecule has 1 saturated carbocycles. The van der Waals surface area contributed by atoms with Crippen LogP contribution in [0.3, 0.4) is 0 Å². The molecule has 2 unspecified atom stereocenters. The Morgan fingerprint density at radius 1 is 0.917 bits per heavy atom. The van der Waals surface area contributed by atoms with Crippen LogP contribution in [0.2, 0.25) is 0 Å². The van der Waals surface area contributed by atoms with Gasteiger partial charge in [0, 0.05) is 5.56 Å². The molecule has 136 valence electrons. The minimum atomic E-state index is -2.10. The largest absolute Gasteiger partial charge is 0.422 e. The van der Waals surface area contributed by atoms with Crippen molar-refractivity contribution in [2.24, 2.45) is 5.92 Å². The first-order valence-corrected chi connectivity index (χ1v) is 9.21. The highest BCUT2D eigenvalue weighted by atomic mass is 28.2. The summed E-state index contributed by atoms with van der Waals surface area (Å²) in [5, 5.41) is 0. The van der Waals surface area contributed by atoms with Crippen LogP contribution in [0.25, 0.3) is 0 Å². The first-order valence-electron chi connectivity index (χ1n) is 8.39. The zero-order valence-corrected chi connectivity index (χ0v) is 16.2. The van der Waals surface area contributed by atoms with Gasteiger partial charge in [0.05, 0.1) is 5.60 Å². The van der Waals surface area contributed by atoms with E-state index in [4.69, 9.17) is 4.43 Å². The van der Waals surface area contributed by atoms with Gasteiger partial charge in [-0.25, -0.2) is 22.0 Å². The molecule has 1 aromatic rings. The smallest absolute Gasteiger partial charge is 0.200 e. The van der Waals surface area contributed by atoms with Crippen molar-refractivity contribution in [1.82, 2.24) is 0 Å². The van der Waals surface area contributed by atoms with E-state index in [1.165, 1.54) is 0 Å². The van der Waals surface area contributed by atoms with E-state index in [9.17, 15) is 22.0 Å². The molecule has 1 fully saturated rings. The predicted octanol–water partition coefficient (Wildman–Crippen LogP) is 4.51. The van der Waals surface area contributed by atoms with Crippen LogP contribution in [0.1, 0.15) is 63.9 Å². The Labute approximate surface area is 142 Å². The number of halogens is 5. The summed E-state index contributed by atoms with van der Waals surface area (Å²) in [4.78, 5) is 0. The van der Waals surface area contributed by atoms with E-state index in [2.05, 4.69) is 0 Å². The molecule has 0 saturated heterocycles. The third-order valence-electron chi connectivity index (χ3n) is 5.67. The van der Waals surface area contributed by atoms with E-state index in [0.29, 0.717) is 29.7 Å². The van der Waals surface area contributed by atoms with Gasteiger partial charge in [-0.3, -0.25) is 0 Å². The van der Waals surface area contributed by atoms with Crippen molar-refractivity contribution in [2.45, 2.75) is 63.9 Å². The molecule has 0 radical (unpaired) electrons. The lowest BCUT2D eigenvalue weighted by atomic mass is 9.69. The third kappa shape index (κ3) is 3.12. The number of hydrogen-bond acceptors (Lipinski definition) is 1. The lowest BCUT2D eigenvalue weighted by Crippen LogP contribution is -2.41. The fraction of sp³-hybridized carbons (Fsp3) is 0.647. The van der Waals surface area contributed by atoms with Gasteiger partial charge in [0.1, 0.15) is 10.5 Å². The summed E-state index contributed by atoms with van der Waals surface area (Å²) < 4.78 is 74.3. The minimum absolute atomic E-state index is 0.0544. The molecule has 24 heavy (non-hydrogen) atoms.